The van der Waals surface area contributed by atoms with Gasteiger partial charge in [0, 0.05) is 0 Å². The highest BCUT2D eigenvalue weighted by atomic mass is 14.0. The molecule has 0 heteroatoms. The highest BCUT2D eigenvalue weighted by Crippen LogP contribution is 2.25. The number of fused-ring (bicyclic) bond motifs is 2. The molecule has 0 aromatic heterocycles. The molecular weight excluding hydrogens is 252 g/mol. The van der Waals surface area contributed by atoms with Crippen molar-refractivity contribution in [2.45, 2.75) is 47.0 Å². The minimum absolute atomic E-state index is 1.19. The number of hydrogen-bond acceptors (Lipinski definition) is 0. The summed E-state index contributed by atoms with van der Waals surface area (Å²) in [7, 11) is 0. The molecule has 0 saturated heterocycles. The molecule has 0 bridgehead atoms. The fourth-order valence-electron chi connectivity index (χ4n) is 2.70. The predicted octanol–water partition coefficient (Wildman–Crippen LogP) is 6.67. The number of hydrogen-bond donors (Lipinski definition) is 0. The molecule has 0 heterocycles. The molecule has 0 N–H and O–H groups in total. The van der Waals surface area contributed by atoms with Crippen molar-refractivity contribution >= 4 is 21.5 Å². The molecule has 0 atom stereocenters. The zero-order chi connectivity index (χ0) is 15.2. The van der Waals surface area contributed by atoms with E-state index in [4.69, 9.17) is 0 Å². The summed E-state index contributed by atoms with van der Waals surface area (Å²) in [4.78, 5) is 0. The Morgan fingerprint density at radius 3 is 2.00 bits per heavy atom. The summed E-state index contributed by atoms with van der Waals surface area (Å²) >= 11 is 0. The van der Waals surface area contributed by atoms with Crippen LogP contribution in [0.3, 0.4) is 0 Å². The summed E-state index contributed by atoms with van der Waals surface area (Å²) in [5.74, 6) is 0. The molecule has 0 amide bonds. The first kappa shape index (κ1) is 15.6. The molecule has 3 aromatic rings. The average molecular weight is 278 g/mol. The van der Waals surface area contributed by atoms with Crippen LogP contribution in [0.2, 0.25) is 0 Å². The maximum Gasteiger partial charge on any atom is -0.0175 e. The van der Waals surface area contributed by atoms with Gasteiger partial charge in [-0.2, -0.15) is 0 Å². The molecule has 0 unspecified atom stereocenters. The van der Waals surface area contributed by atoms with E-state index in [1.165, 1.54) is 51.9 Å². The second-order valence-corrected chi connectivity index (χ2v) is 5.49. The van der Waals surface area contributed by atoms with Crippen molar-refractivity contribution in [3.8, 4) is 0 Å². The van der Waals surface area contributed by atoms with Crippen LogP contribution in [0, 0.1) is 6.92 Å². The zero-order valence-corrected chi connectivity index (χ0v) is 13.7. The molecule has 0 aliphatic rings. The Hall–Kier alpha value is -1.82. The lowest BCUT2D eigenvalue weighted by Crippen LogP contribution is -1.85. The van der Waals surface area contributed by atoms with Crippen LogP contribution < -0.4 is 0 Å². The van der Waals surface area contributed by atoms with Crippen LogP contribution in [0.25, 0.3) is 21.5 Å². The van der Waals surface area contributed by atoms with Crippen molar-refractivity contribution in [3.05, 3.63) is 59.7 Å². The van der Waals surface area contributed by atoms with Gasteiger partial charge in [0.25, 0.3) is 0 Å². The third kappa shape index (κ3) is 3.64. The van der Waals surface area contributed by atoms with Crippen molar-refractivity contribution in [3.63, 3.8) is 0 Å². The Bertz CT molecular complexity index is 723. The lowest BCUT2D eigenvalue weighted by atomic mass is 9.99. The SMILES string of the molecule is CC.CCCCc1ccc2cc3cc(C)ccc3cc2c1. The van der Waals surface area contributed by atoms with Gasteiger partial charge < -0.3 is 0 Å². The van der Waals surface area contributed by atoms with Crippen LogP contribution in [0.4, 0.5) is 0 Å². The highest BCUT2D eigenvalue weighted by Gasteiger charge is 2.00. The Morgan fingerprint density at radius 2 is 1.33 bits per heavy atom. The molecular formula is C21H26. The molecule has 0 aliphatic heterocycles. The standard InChI is InChI=1S/C19H20.C2H6/c1-3-4-5-15-7-9-17-12-18-10-14(2)6-8-16(18)13-19(17)11-15;1-2/h6-13H,3-5H2,1-2H3;1-2H3. The summed E-state index contributed by atoms with van der Waals surface area (Å²) in [5.41, 5.74) is 2.78. The van der Waals surface area contributed by atoms with Crippen LogP contribution >= 0.6 is 0 Å². The van der Waals surface area contributed by atoms with Crippen molar-refractivity contribution in [1.82, 2.24) is 0 Å². The summed E-state index contributed by atoms with van der Waals surface area (Å²) in [6, 6.07) is 18.2. The van der Waals surface area contributed by atoms with Gasteiger partial charge in [0.15, 0.2) is 0 Å². The first-order chi connectivity index (χ1) is 10.3. The largest absolute Gasteiger partial charge is 0.0683 e. The van der Waals surface area contributed by atoms with Gasteiger partial charge in [-0.3, -0.25) is 0 Å². The van der Waals surface area contributed by atoms with Gasteiger partial charge in [0.1, 0.15) is 0 Å². The maximum absolute atomic E-state index is 2.35. The van der Waals surface area contributed by atoms with Gasteiger partial charge in [-0.1, -0.05) is 69.2 Å². The van der Waals surface area contributed by atoms with Crippen LogP contribution in [0.5, 0.6) is 0 Å². The Kier molecular flexibility index (Phi) is 5.38. The lowest BCUT2D eigenvalue weighted by Gasteiger charge is -2.06. The lowest BCUT2D eigenvalue weighted by molar-refractivity contribution is 0.796. The van der Waals surface area contributed by atoms with Gasteiger partial charge >= 0.3 is 0 Å². The average Bonchev–Trinajstić information content (AvgIpc) is 2.52. The summed E-state index contributed by atoms with van der Waals surface area (Å²) < 4.78 is 0. The summed E-state index contributed by atoms with van der Waals surface area (Å²) in [6.45, 7) is 8.40. The highest BCUT2D eigenvalue weighted by molar-refractivity contribution is 5.98. The van der Waals surface area contributed by atoms with Gasteiger partial charge in [-0.15, -0.1) is 0 Å². The molecule has 0 radical (unpaired) electrons. The van der Waals surface area contributed by atoms with Gasteiger partial charge in [-0.05, 0) is 59.0 Å². The van der Waals surface area contributed by atoms with E-state index in [9.17, 15) is 0 Å². The third-order valence-corrected chi connectivity index (χ3v) is 3.83. The molecule has 3 rings (SSSR count). The third-order valence-electron chi connectivity index (χ3n) is 3.83. The van der Waals surface area contributed by atoms with E-state index in [1.54, 1.807) is 0 Å². The van der Waals surface area contributed by atoms with Gasteiger partial charge in [-0.25, -0.2) is 0 Å². The summed E-state index contributed by atoms with van der Waals surface area (Å²) in [6.07, 6.45) is 3.73. The molecule has 0 spiro atoms. The van der Waals surface area contributed by atoms with Gasteiger partial charge in [0.2, 0.25) is 0 Å². The minimum Gasteiger partial charge on any atom is -0.0683 e. The monoisotopic (exact) mass is 278 g/mol. The molecule has 0 nitrogen and oxygen atoms in total. The fourth-order valence-corrected chi connectivity index (χ4v) is 2.70. The fraction of sp³-hybridized carbons (Fsp3) is 0.333. The van der Waals surface area contributed by atoms with E-state index >= 15 is 0 Å². The number of benzene rings is 3. The van der Waals surface area contributed by atoms with Crippen molar-refractivity contribution in [2.24, 2.45) is 0 Å². The van der Waals surface area contributed by atoms with Crippen LogP contribution in [-0.2, 0) is 6.42 Å². The van der Waals surface area contributed by atoms with Crippen LogP contribution in [0.15, 0.2) is 48.5 Å². The van der Waals surface area contributed by atoms with E-state index in [0.29, 0.717) is 0 Å². The second kappa shape index (κ2) is 7.26. The van der Waals surface area contributed by atoms with E-state index < -0.39 is 0 Å². The Morgan fingerprint density at radius 1 is 0.714 bits per heavy atom. The predicted molar refractivity (Wildman–Crippen MR) is 96.2 cm³/mol. The van der Waals surface area contributed by atoms with Crippen LogP contribution in [0.1, 0.15) is 44.7 Å². The minimum atomic E-state index is 1.19. The molecule has 21 heavy (non-hydrogen) atoms. The first-order valence-corrected chi connectivity index (χ1v) is 8.19. The molecule has 110 valence electrons. The molecule has 3 aromatic carbocycles. The van der Waals surface area contributed by atoms with Gasteiger partial charge in [0.05, 0.1) is 0 Å². The zero-order valence-electron chi connectivity index (χ0n) is 13.7. The van der Waals surface area contributed by atoms with Crippen LogP contribution in [-0.4, -0.2) is 0 Å². The van der Waals surface area contributed by atoms with E-state index in [2.05, 4.69) is 62.4 Å². The number of unbranched alkanes of at least 4 members (excludes halogenated alkanes) is 1. The van der Waals surface area contributed by atoms with Crippen molar-refractivity contribution in [1.29, 1.82) is 0 Å². The number of rotatable bonds is 3. The smallest absolute Gasteiger partial charge is 0.0175 e. The molecule has 0 fully saturated rings. The first-order valence-electron chi connectivity index (χ1n) is 8.19. The quantitative estimate of drug-likeness (QED) is 0.469. The van der Waals surface area contributed by atoms with E-state index in [-0.39, 0.29) is 0 Å². The van der Waals surface area contributed by atoms with E-state index in [0.717, 1.165) is 0 Å². The maximum atomic E-state index is 2.35. The van der Waals surface area contributed by atoms with E-state index in [1.807, 2.05) is 13.8 Å². The van der Waals surface area contributed by atoms with Crippen molar-refractivity contribution < 1.29 is 0 Å². The molecule has 0 saturated carbocycles. The normalized spacial score (nSPS) is 10.5. The Balaban J connectivity index is 0.000000774. The topological polar surface area (TPSA) is 0 Å². The molecule has 0 aliphatic carbocycles. The Labute approximate surface area is 128 Å². The second-order valence-electron chi connectivity index (χ2n) is 5.49. The number of aryl methyl sites for hydroxylation is 2. The summed E-state index contributed by atoms with van der Waals surface area (Å²) in [5, 5.41) is 5.39. The van der Waals surface area contributed by atoms with Crippen molar-refractivity contribution in [2.75, 3.05) is 0 Å².